The fourth-order valence-corrected chi connectivity index (χ4v) is 5.04. The summed E-state index contributed by atoms with van der Waals surface area (Å²) in [5.74, 6) is 0.646. The Bertz CT molecular complexity index is 1150. The second-order valence-electron chi connectivity index (χ2n) is 10.1. The number of methoxy groups -OCH3 is 1. The van der Waals surface area contributed by atoms with Crippen LogP contribution in [0.15, 0.2) is 78.9 Å². The smallest absolute Gasteiger partial charge is 0.243 e. The lowest BCUT2D eigenvalue weighted by atomic mass is 10.0. The zero-order chi connectivity index (χ0) is 26.0. The molecule has 0 spiro atoms. The van der Waals surface area contributed by atoms with E-state index in [4.69, 9.17) is 4.74 Å². The Kier molecular flexibility index (Phi) is 9.36. The third-order valence-electron chi connectivity index (χ3n) is 7.21. The van der Waals surface area contributed by atoms with Crippen molar-refractivity contribution in [1.82, 2.24) is 10.2 Å². The molecule has 5 nitrogen and oxygen atoms in total. The summed E-state index contributed by atoms with van der Waals surface area (Å²) in [6.45, 7) is 2.40. The van der Waals surface area contributed by atoms with Gasteiger partial charge in [-0.05, 0) is 55.0 Å². The molecule has 0 bridgehead atoms. The van der Waals surface area contributed by atoms with E-state index in [1.54, 1.807) is 12.0 Å². The van der Waals surface area contributed by atoms with Crippen LogP contribution in [-0.2, 0) is 29.0 Å². The summed E-state index contributed by atoms with van der Waals surface area (Å²) in [7, 11) is 1.64. The maximum atomic E-state index is 13.8. The minimum Gasteiger partial charge on any atom is -0.497 e. The van der Waals surface area contributed by atoms with Gasteiger partial charge in [0, 0.05) is 25.4 Å². The lowest BCUT2D eigenvalue weighted by Crippen LogP contribution is -2.52. The molecular formula is C32H38N2O3. The number of benzene rings is 3. The Hall–Kier alpha value is -3.60. The summed E-state index contributed by atoms with van der Waals surface area (Å²) in [6, 6.07) is 25.6. The monoisotopic (exact) mass is 498 g/mol. The number of carbonyl (C=O) groups excluding carboxylic acids is 2. The fraction of sp³-hybridized carbons (Fsp3) is 0.375. The van der Waals surface area contributed by atoms with E-state index < -0.39 is 6.04 Å². The summed E-state index contributed by atoms with van der Waals surface area (Å²) in [5, 5.41) is 3.27. The lowest BCUT2D eigenvalue weighted by molar-refractivity contribution is -0.141. The summed E-state index contributed by atoms with van der Waals surface area (Å²) < 4.78 is 5.42. The first-order valence-electron chi connectivity index (χ1n) is 13.3. The van der Waals surface area contributed by atoms with Crippen LogP contribution < -0.4 is 10.1 Å². The van der Waals surface area contributed by atoms with Crippen LogP contribution in [-0.4, -0.2) is 35.9 Å². The number of rotatable bonds is 11. The van der Waals surface area contributed by atoms with E-state index >= 15 is 0 Å². The molecule has 3 aromatic carbocycles. The molecular weight excluding hydrogens is 460 g/mol. The van der Waals surface area contributed by atoms with Crippen molar-refractivity contribution >= 4 is 11.8 Å². The molecule has 1 aliphatic rings. The number of aryl methyl sites for hydroxylation is 2. The molecule has 0 aliphatic heterocycles. The van der Waals surface area contributed by atoms with Gasteiger partial charge in [-0.25, -0.2) is 0 Å². The molecule has 1 aliphatic carbocycles. The van der Waals surface area contributed by atoms with Gasteiger partial charge in [-0.15, -0.1) is 0 Å². The molecule has 1 N–H and O–H groups in total. The van der Waals surface area contributed by atoms with Crippen LogP contribution >= 0.6 is 0 Å². The molecule has 4 rings (SSSR count). The predicted octanol–water partition coefficient (Wildman–Crippen LogP) is 5.64. The maximum Gasteiger partial charge on any atom is 0.243 e. The van der Waals surface area contributed by atoms with Crippen LogP contribution in [0.4, 0.5) is 0 Å². The average Bonchev–Trinajstić information content (AvgIpc) is 3.44. The van der Waals surface area contributed by atoms with Gasteiger partial charge in [-0.1, -0.05) is 85.1 Å². The van der Waals surface area contributed by atoms with E-state index in [1.165, 1.54) is 5.56 Å². The molecule has 0 saturated heterocycles. The van der Waals surface area contributed by atoms with E-state index in [2.05, 4.69) is 36.5 Å². The van der Waals surface area contributed by atoms with Crippen molar-refractivity contribution in [1.29, 1.82) is 0 Å². The molecule has 0 radical (unpaired) electrons. The Morgan fingerprint density at radius 2 is 1.62 bits per heavy atom. The first-order valence-corrected chi connectivity index (χ1v) is 13.3. The average molecular weight is 499 g/mol. The quantitative estimate of drug-likeness (QED) is 0.372. The maximum absolute atomic E-state index is 13.8. The van der Waals surface area contributed by atoms with Gasteiger partial charge in [0.25, 0.3) is 0 Å². The molecule has 1 atom stereocenters. The molecule has 37 heavy (non-hydrogen) atoms. The van der Waals surface area contributed by atoms with Crippen molar-refractivity contribution in [3.8, 4) is 5.75 Å². The molecule has 1 saturated carbocycles. The number of nitrogens with one attached hydrogen (secondary N) is 1. The van der Waals surface area contributed by atoms with E-state index in [0.29, 0.717) is 25.8 Å². The van der Waals surface area contributed by atoms with Gasteiger partial charge in [-0.2, -0.15) is 0 Å². The summed E-state index contributed by atoms with van der Waals surface area (Å²) >= 11 is 0. The largest absolute Gasteiger partial charge is 0.497 e. The Balaban J connectivity index is 1.61. The minimum atomic E-state index is -0.597. The number of hydrogen-bond donors (Lipinski definition) is 1. The third-order valence-corrected chi connectivity index (χ3v) is 7.21. The highest BCUT2D eigenvalue weighted by Gasteiger charge is 2.32. The van der Waals surface area contributed by atoms with Crippen molar-refractivity contribution in [3.63, 3.8) is 0 Å². The van der Waals surface area contributed by atoms with E-state index in [-0.39, 0.29) is 17.9 Å². The zero-order valence-electron chi connectivity index (χ0n) is 22.0. The zero-order valence-corrected chi connectivity index (χ0v) is 22.0. The molecule has 194 valence electrons. The molecule has 2 amide bonds. The van der Waals surface area contributed by atoms with E-state index in [1.807, 2.05) is 54.6 Å². The number of ether oxygens (including phenoxy) is 1. The molecule has 0 unspecified atom stereocenters. The SMILES string of the molecule is COc1cccc(CN(C(=O)CCc2ccc(C)cc2)[C@H](Cc2ccccc2)C(=O)NC2CCCC2)c1. The van der Waals surface area contributed by atoms with E-state index in [0.717, 1.165) is 48.1 Å². The van der Waals surface area contributed by atoms with Gasteiger partial charge in [0.05, 0.1) is 7.11 Å². The second kappa shape index (κ2) is 13.1. The highest BCUT2D eigenvalue weighted by molar-refractivity contribution is 5.88. The number of carbonyl (C=O) groups is 2. The van der Waals surface area contributed by atoms with Crippen LogP contribution in [0.25, 0.3) is 0 Å². The van der Waals surface area contributed by atoms with Crippen molar-refractivity contribution in [2.24, 2.45) is 0 Å². The number of nitrogens with zero attached hydrogens (tertiary/aromatic N) is 1. The first kappa shape index (κ1) is 26.5. The normalized spacial score (nSPS) is 14.2. The third kappa shape index (κ3) is 7.69. The molecule has 1 fully saturated rings. The van der Waals surface area contributed by atoms with Crippen molar-refractivity contribution < 1.29 is 14.3 Å². The summed E-state index contributed by atoms with van der Waals surface area (Å²) in [4.78, 5) is 29.4. The first-order chi connectivity index (χ1) is 18.0. The number of hydrogen-bond acceptors (Lipinski definition) is 3. The van der Waals surface area contributed by atoms with Crippen LogP contribution in [0, 0.1) is 6.92 Å². The van der Waals surface area contributed by atoms with Crippen LogP contribution in [0.5, 0.6) is 5.75 Å². The van der Waals surface area contributed by atoms with Crippen molar-refractivity contribution in [3.05, 3.63) is 101 Å². The molecule has 5 heteroatoms. The topological polar surface area (TPSA) is 58.6 Å². The van der Waals surface area contributed by atoms with Gasteiger partial charge < -0.3 is 15.0 Å². The predicted molar refractivity (Wildman–Crippen MR) is 147 cm³/mol. The lowest BCUT2D eigenvalue weighted by Gasteiger charge is -2.32. The van der Waals surface area contributed by atoms with Crippen LogP contribution in [0.1, 0.15) is 54.4 Å². The van der Waals surface area contributed by atoms with Crippen molar-refractivity contribution in [2.75, 3.05) is 7.11 Å². The van der Waals surface area contributed by atoms with Crippen molar-refractivity contribution in [2.45, 2.75) is 70.5 Å². The molecule has 0 aromatic heterocycles. The minimum absolute atomic E-state index is 0.0223. The van der Waals surface area contributed by atoms with Gasteiger partial charge in [-0.3, -0.25) is 9.59 Å². The highest BCUT2D eigenvalue weighted by atomic mass is 16.5. The Morgan fingerprint density at radius 1 is 0.919 bits per heavy atom. The van der Waals surface area contributed by atoms with E-state index in [9.17, 15) is 9.59 Å². The molecule has 3 aromatic rings. The Morgan fingerprint density at radius 3 is 2.32 bits per heavy atom. The second-order valence-corrected chi connectivity index (χ2v) is 10.1. The standard InChI is InChI=1S/C32H38N2O3/c1-24-15-17-25(18-16-24)19-20-31(35)34(23-27-11-8-14-29(21-27)37-2)30(22-26-9-4-3-5-10-26)32(36)33-28-12-6-7-13-28/h3-5,8-11,14-18,21,28,30H,6-7,12-13,19-20,22-23H2,1-2H3,(H,33,36)/t30-/m1/s1. The van der Waals surface area contributed by atoms with Gasteiger partial charge in [0.1, 0.15) is 11.8 Å². The molecule has 0 heterocycles. The van der Waals surface area contributed by atoms with Crippen LogP contribution in [0.2, 0.25) is 0 Å². The highest BCUT2D eigenvalue weighted by Crippen LogP contribution is 2.22. The van der Waals surface area contributed by atoms with Gasteiger partial charge in [0.2, 0.25) is 11.8 Å². The Labute approximate surface area is 220 Å². The van der Waals surface area contributed by atoms with Gasteiger partial charge >= 0.3 is 0 Å². The fourth-order valence-electron chi connectivity index (χ4n) is 5.04. The van der Waals surface area contributed by atoms with Crippen LogP contribution in [0.3, 0.4) is 0 Å². The summed E-state index contributed by atoms with van der Waals surface area (Å²) in [6.07, 6.45) is 5.72. The van der Waals surface area contributed by atoms with Gasteiger partial charge in [0.15, 0.2) is 0 Å². The number of amides is 2. The summed E-state index contributed by atoms with van der Waals surface area (Å²) in [5.41, 5.74) is 4.29.